The predicted octanol–water partition coefficient (Wildman–Crippen LogP) is 0.587. The normalized spacial score (nSPS) is 16.2. The van der Waals surface area contributed by atoms with Crippen molar-refractivity contribution in [3.05, 3.63) is 35.6 Å². The van der Waals surface area contributed by atoms with Gasteiger partial charge in [0.2, 0.25) is 5.91 Å². The second kappa shape index (κ2) is 7.85. The molecule has 132 valence electrons. The molecule has 0 spiro atoms. The maximum absolute atomic E-state index is 12.9. The number of nitrogens with zero attached hydrogens (tertiary/aromatic N) is 2. The van der Waals surface area contributed by atoms with Gasteiger partial charge in [0.15, 0.2) is 5.78 Å². The molecule has 0 saturated carbocycles. The van der Waals surface area contributed by atoms with E-state index in [1.165, 1.54) is 24.3 Å². The highest BCUT2D eigenvalue weighted by atomic mass is 32.2. The largest absolute Gasteiger partial charge is 0.340 e. The van der Waals surface area contributed by atoms with E-state index in [2.05, 4.69) is 0 Å². The summed E-state index contributed by atoms with van der Waals surface area (Å²) in [6.45, 7) is 2.27. The number of carbonyl (C=O) groups is 2. The van der Waals surface area contributed by atoms with E-state index in [1.54, 1.807) is 4.90 Å². The van der Waals surface area contributed by atoms with Crippen LogP contribution in [0.3, 0.4) is 0 Å². The molecule has 1 fully saturated rings. The maximum atomic E-state index is 12.9. The third-order valence-corrected chi connectivity index (χ3v) is 4.89. The van der Waals surface area contributed by atoms with Crippen molar-refractivity contribution < 1.29 is 22.4 Å². The summed E-state index contributed by atoms with van der Waals surface area (Å²) in [5.41, 5.74) is 0.461. The predicted molar refractivity (Wildman–Crippen MR) is 88.1 cm³/mol. The van der Waals surface area contributed by atoms with Gasteiger partial charge in [-0.3, -0.25) is 14.5 Å². The van der Waals surface area contributed by atoms with Crippen molar-refractivity contribution in [1.82, 2.24) is 9.80 Å². The van der Waals surface area contributed by atoms with Crippen LogP contribution >= 0.6 is 0 Å². The summed E-state index contributed by atoms with van der Waals surface area (Å²) in [6, 6.07) is 5.43. The number of piperazine rings is 1. The Bertz CT molecular complexity index is 695. The van der Waals surface area contributed by atoms with Crippen molar-refractivity contribution in [2.75, 3.05) is 44.7 Å². The fourth-order valence-corrected chi connectivity index (χ4v) is 3.06. The van der Waals surface area contributed by atoms with Gasteiger partial charge in [-0.2, -0.15) is 0 Å². The molecule has 1 heterocycles. The van der Waals surface area contributed by atoms with Crippen molar-refractivity contribution in [2.45, 2.75) is 6.42 Å². The maximum Gasteiger partial charge on any atom is 0.223 e. The Kier molecular flexibility index (Phi) is 6.06. The number of hydrogen-bond donors (Lipinski definition) is 0. The molecular formula is C16H21FN2O4S. The van der Waals surface area contributed by atoms with Crippen molar-refractivity contribution in [1.29, 1.82) is 0 Å². The number of amides is 1. The van der Waals surface area contributed by atoms with Gasteiger partial charge in [0, 0.05) is 44.4 Å². The topological polar surface area (TPSA) is 74.8 Å². The number of carbonyl (C=O) groups excluding carboxylic acids is 2. The van der Waals surface area contributed by atoms with Crippen LogP contribution in [0, 0.1) is 5.82 Å². The second-order valence-electron chi connectivity index (χ2n) is 5.97. The van der Waals surface area contributed by atoms with Crippen LogP contribution in [0.15, 0.2) is 24.3 Å². The fourth-order valence-electron chi connectivity index (χ4n) is 2.52. The van der Waals surface area contributed by atoms with Crippen molar-refractivity contribution in [3.63, 3.8) is 0 Å². The highest BCUT2D eigenvalue weighted by Crippen LogP contribution is 2.08. The Morgan fingerprint density at radius 3 is 2.21 bits per heavy atom. The van der Waals surface area contributed by atoms with Gasteiger partial charge in [-0.05, 0) is 24.3 Å². The van der Waals surface area contributed by atoms with Gasteiger partial charge in [-0.25, -0.2) is 12.8 Å². The molecule has 0 atom stereocenters. The first kappa shape index (κ1) is 18.5. The molecule has 1 aromatic carbocycles. The first-order valence-electron chi connectivity index (χ1n) is 7.71. The minimum absolute atomic E-state index is 0.00660. The third-order valence-electron chi connectivity index (χ3n) is 3.95. The molecule has 0 unspecified atom stereocenters. The van der Waals surface area contributed by atoms with Crippen LogP contribution in [0.1, 0.15) is 16.8 Å². The Morgan fingerprint density at radius 1 is 1.08 bits per heavy atom. The number of hydrogen-bond acceptors (Lipinski definition) is 5. The molecule has 1 amide bonds. The van der Waals surface area contributed by atoms with Gasteiger partial charge in [-0.15, -0.1) is 0 Å². The summed E-state index contributed by atoms with van der Waals surface area (Å²) in [4.78, 5) is 27.7. The second-order valence-corrected chi connectivity index (χ2v) is 8.23. The van der Waals surface area contributed by atoms with Crippen LogP contribution in [0.25, 0.3) is 0 Å². The number of halogens is 1. The van der Waals surface area contributed by atoms with E-state index in [0.717, 1.165) is 6.26 Å². The minimum Gasteiger partial charge on any atom is -0.340 e. The standard InChI is InChI=1S/C16H21FN2O4S/c1-24(22,23)11-6-16(21)19-9-7-18(8-10-19)12-15(20)13-2-4-14(17)5-3-13/h2-5H,6-12H2,1H3. The molecule has 6 nitrogen and oxygen atoms in total. The highest BCUT2D eigenvalue weighted by Gasteiger charge is 2.23. The van der Waals surface area contributed by atoms with Gasteiger partial charge in [-0.1, -0.05) is 0 Å². The molecule has 1 aliphatic rings. The molecule has 1 aromatic rings. The summed E-state index contributed by atoms with van der Waals surface area (Å²) >= 11 is 0. The molecular weight excluding hydrogens is 335 g/mol. The minimum atomic E-state index is -3.15. The first-order valence-corrected chi connectivity index (χ1v) is 9.77. The zero-order valence-electron chi connectivity index (χ0n) is 13.6. The lowest BCUT2D eigenvalue weighted by atomic mass is 10.1. The van der Waals surface area contributed by atoms with E-state index in [4.69, 9.17) is 0 Å². The quantitative estimate of drug-likeness (QED) is 0.698. The SMILES string of the molecule is CS(=O)(=O)CCC(=O)N1CCN(CC(=O)c2ccc(F)cc2)CC1. The molecule has 24 heavy (non-hydrogen) atoms. The summed E-state index contributed by atoms with van der Waals surface area (Å²) in [6.07, 6.45) is 1.10. The molecule has 0 radical (unpaired) electrons. The smallest absolute Gasteiger partial charge is 0.223 e. The van der Waals surface area contributed by atoms with Crippen LogP contribution in [-0.4, -0.2) is 74.6 Å². The van der Waals surface area contributed by atoms with Crippen LogP contribution in [0.4, 0.5) is 4.39 Å². The highest BCUT2D eigenvalue weighted by molar-refractivity contribution is 7.90. The number of sulfone groups is 1. The Hall–Kier alpha value is -1.80. The Morgan fingerprint density at radius 2 is 1.67 bits per heavy atom. The molecule has 0 aliphatic carbocycles. The van der Waals surface area contributed by atoms with Crippen LogP contribution in [0.2, 0.25) is 0 Å². The molecule has 0 N–H and O–H groups in total. The molecule has 1 aliphatic heterocycles. The molecule has 0 bridgehead atoms. The van der Waals surface area contributed by atoms with Gasteiger partial charge in [0.25, 0.3) is 0 Å². The monoisotopic (exact) mass is 356 g/mol. The molecule has 0 aromatic heterocycles. The molecule has 2 rings (SSSR count). The van der Waals surface area contributed by atoms with Crippen LogP contribution in [-0.2, 0) is 14.6 Å². The lowest BCUT2D eigenvalue weighted by molar-refractivity contribution is -0.132. The Balaban J connectivity index is 1.79. The molecule has 1 saturated heterocycles. The van der Waals surface area contributed by atoms with E-state index in [9.17, 15) is 22.4 Å². The van der Waals surface area contributed by atoms with E-state index in [1.807, 2.05) is 4.90 Å². The summed E-state index contributed by atoms with van der Waals surface area (Å²) in [7, 11) is -3.15. The van der Waals surface area contributed by atoms with Crippen LogP contribution in [0.5, 0.6) is 0 Å². The van der Waals surface area contributed by atoms with E-state index < -0.39 is 9.84 Å². The van der Waals surface area contributed by atoms with Gasteiger partial charge in [0.1, 0.15) is 15.7 Å². The summed E-state index contributed by atoms with van der Waals surface area (Å²) in [5, 5.41) is 0. The van der Waals surface area contributed by atoms with E-state index in [-0.39, 0.29) is 36.2 Å². The van der Waals surface area contributed by atoms with Crippen molar-refractivity contribution in [2.24, 2.45) is 0 Å². The lowest BCUT2D eigenvalue weighted by Crippen LogP contribution is -2.50. The average molecular weight is 356 g/mol. The summed E-state index contributed by atoms with van der Waals surface area (Å²) < 4.78 is 35.1. The first-order chi connectivity index (χ1) is 11.2. The van der Waals surface area contributed by atoms with Crippen LogP contribution < -0.4 is 0 Å². The van der Waals surface area contributed by atoms with Gasteiger partial charge < -0.3 is 4.90 Å². The average Bonchev–Trinajstić information content (AvgIpc) is 2.53. The van der Waals surface area contributed by atoms with Crippen molar-refractivity contribution in [3.8, 4) is 0 Å². The third kappa shape index (κ3) is 5.68. The van der Waals surface area contributed by atoms with Gasteiger partial charge >= 0.3 is 0 Å². The lowest BCUT2D eigenvalue weighted by Gasteiger charge is -2.34. The van der Waals surface area contributed by atoms with E-state index in [0.29, 0.717) is 31.7 Å². The zero-order valence-corrected chi connectivity index (χ0v) is 14.4. The van der Waals surface area contributed by atoms with E-state index >= 15 is 0 Å². The number of ketones is 1. The van der Waals surface area contributed by atoms with Gasteiger partial charge in [0.05, 0.1) is 12.3 Å². The number of rotatable bonds is 6. The fraction of sp³-hybridized carbons (Fsp3) is 0.500. The zero-order chi connectivity index (χ0) is 17.7. The number of Topliss-reactive ketones (excluding diaryl/α,β-unsaturated/α-hetero) is 1. The summed E-state index contributed by atoms with van der Waals surface area (Å²) in [5.74, 6) is -0.792. The Labute approximate surface area is 141 Å². The number of benzene rings is 1. The van der Waals surface area contributed by atoms with Crippen molar-refractivity contribution >= 4 is 21.5 Å². The molecule has 8 heteroatoms.